The number of anilines is 1. The first-order valence-corrected chi connectivity index (χ1v) is 6.23. The molecule has 0 spiro atoms. The minimum absolute atomic E-state index is 0.192. The highest BCUT2D eigenvalue weighted by Crippen LogP contribution is 2.28. The van der Waals surface area contributed by atoms with E-state index in [2.05, 4.69) is 47.5 Å². The third kappa shape index (κ3) is 2.41. The van der Waals surface area contributed by atoms with E-state index in [1.54, 1.807) is 0 Å². The zero-order valence-corrected chi connectivity index (χ0v) is 11.5. The fourth-order valence-corrected chi connectivity index (χ4v) is 1.94. The highest BCUT2D eigenvalue weighted by atomic mass is 15.3. The van der Waals surface area contributed by atoms with Gasteiger partial charge in [0.2, 0.25) is 5.95 Å². The van der Waals surface area contributed by atoms with Gasteiger partial charge in [0.1, 0.15) is 0 Å². The Morgan fingerprint density at radius 2 is 2.06 bits per heavy atom. The molecule has 0 atom stereocenters. The van der Waals surface area contributed by atoms with Gasteiger partial charge in [-0.1, -0.05) is 0 Å². The first-order chi connectivity index (χ1) is 7.91. The Labute approximate surface area is 104 Å². The largest absolute Gasteiger partial charge is 0.344 e. The summed E-state index contributed by atoms with van der Waals surface area (Å²) in [6, 6.07) is 0. The van der Waals surface area contributed by atoms with E-state index in [-0.39, 0.29) is 5.54 Å². The lowest BCUT2D eigenvalue weighted by Crippen LogP contribution is -2.36. The molecule has 0 amide bonds. The van der Waals surface area contributed by atoms with Crippen LogP contribution in [0, 0.1) is 0 Å². The summed E-state index contributed by atoms with van der Waals surface area (Å²) in [5.41, 5.74) is 2.65. The number of hydrogen-bond acceptors (Lipinski definition) is 4. The first-order valence-electron chi connectivity index (χ1n) is 6.23. The molecule has 1 aromatic heterocycles. The Morgan fingerprint density at radius 3 is 2.65 bits per heavy atom. The van der Waals surface area contributed by atoms with Crippen LogP contribution in [0.4, 0.5) is 5.95 Å². The zero-order valence-electron chi connectivity index (χ0n) is 11.5. The van der Waals surface area contributed by atoms with Gasteiger partial charge in [0.05, 0.1) is 5.69 Å². The Balaban J connectivity index is 2.22. The first kappa shape index (κ1) is 12.3. The Bertz CT molecular complexity index is 408. The van der Waals surface area contributed by atoms with Crippen LogP contribution in [0.3, 0.4) is 0 Å². The van der Waals surface area contributed by atoms with Crippen LogP contribution in [0.2, 0.25) is 0 Å². The summed E-state index contributed by atoms with van der Waals surface area (Å²) in [6.07, 6.45) is 1.98. The maximum Gasteiger partial charge on any atom is 0.225 e. The average molecular weight is 234 g/mol. The summed E-state index contributed by atoms with van der Waals surface area (Å²) in [4.78, 5) is 13.6. The van der Waals surface area contributed by atoms with Gasteiger partial charge in [-0.25, -0.2) is 9.97 Å². The van der Waals surface area contributed by atoms with Crippen LogP contribution in [0.25, 0.3) is 0 Å². The second kappa shape index (κ2) is 4.26. The number of hydrogen-bond donors (Lipinski definition) is 0. The van der Waals surface area contributed by atoms with Gasteiger partial charge >= 0.3 is 0 Å². The van der Waals surface area contributed by atoms with Crippen molar-refractivity contribution in [2.24, 2.45) is 0 Å². The monoisotopic (exact) mass is 234 g/mol. The van der Waals surface area contributed by atoms with Crippen molar-refractivity contribution in [1.29, 1.82) is 0 Å². The fourth-order valence-electron chi connectivity index (χ4n) is 1.94. The van der Waals surface area contributed by atoms with Crippen LogP contribution in [0.15, 0.2) is 6.20 Å². The fraction of sp³-hybridized carbons (Fsp3) is 0.692. The van der Waals surface area contributed by atoms with Gasteiger partial charge < -0.3 is 4.90 Å². The number of rotatable bonds is 2. The Kier molecular flexibility index (Phi) is 3.08. The van der Waals surface area contributed by atoms with Crippen molar-refractivity contribution in [2.75, 3.05) is 18.5 Å². The lowest BCUT2D eigenvalue weighted by molar-refractivity contribution is 0.135. The van der Waals surface area contributed by atoms with Crippen LogP contribution < -0.4 is 4.90 Å². The summed E-state index contributed by atoms with van der Waals surface area (Å²) in [5, 5.41) is 0. The van der Waals surface area contributed by atoms with Crippen LogP contribution in [0.5, 0.6) is 0 Å². The second-order valence-electron chi connectivity index (χ2n) is 5.68. The molecule has 0 N–H and O–H groups in total. The Hall–Kier alpha value is -1.16. The quantitative estimate of drug-likeness (QED) is 0.784. The summed E-state index contributed by atoms with van der Waals surface area (Å²) in [7, 11) is 2.03. The molecule has 1 aliphatic rings. The third-order valence-electron chi connectivity index (χ3n) is 3.41. The van der Waals surface area contributed by atoms with Crippen molar-refractivity contribution in [1.82, 2.24) is 14.9 Å². The third-order valence-corrected chi connectivity index (χ3v) is 3.41. The van der Waals surface area contributed by atoms with Gasteiger partial charge in [-0.2, -0.15) is 0 Å². The summed E-state index contributed by atoms with van der Waals surface area (Å²) >= 11 is 0. The van der Waals surface area contributed by atoms with Gasteiger partial charge in [-0.3, -0.25) is 4.90 Å². The molecule has 1 aromatic rings. The van der Waals surface area contributed by atoms with Gasteiger partial charge in [0.15, 0.2) is 0 Å². The molecule has 0 saturated heterocycles. The number of aromatic nitrogens is 2. The normalized spacial score (nSPS) is 16.1. The van der Waals surface area contributed by atoms with E-state index >= 15 is 0 Å². The molecule has 94 valence electrons. The smallest absolute Gasteiger partial charge is 0.225 e. The van der Waals surface area contributed by atoms with E-state index in [1.165, 1.54) is 11.3 Å². The molecule has 0 saturated carbocycles. The maximum absolute atomic E-state index is 4.66. The molecule has 17 heavy (non-hydrogen) atoms. The summed E-state index contributed by atoms with van der Waals surface area (Å²) in [6.45, 7) is 11.7. The Morgan fingerprint density at radius 1 is 1.35 bits per heavy atom. The van der Waals surface area contributed by atoms with E-state index in [0.29, 0.717) is 0 Å². The van der Waals surface area contributed by atoms with Crippen LogP contribution in [0.1, 0.15) is 39.0 Å². The number of nitrogens with zero attached hydrogens (tertiary/aromatic N) is 4. The highest BCUT2D eigenvalue weighted by molar-refractivity contribution is 5.33. The van der Waals surface area contributed by atoms with E-state index < -0.39 is 0 Å². The lowest BCUT2D eigenvalue weighted by Gasteiger charge is -2.30. The predicted molar refractivity (Wildman–Crippen MR) is 70.0 cm³/mol. The topological polar surface area (TPSA) is 32.3 Å². The molecule has 4 nitrogen and oxygen atoms in total. The molecule has 0 aromatic carbocycles. The van der Waals surface area contributed by atoms with Crippen molar-refractivity contribution in [3.8, 4) is 0 Å². The molecule has 4 heteroatoms. The molecule has 0 radical (unpaired) electrons. The molecule has 1 aliphatic heterocycles. The summed E-state index contributed by atoms with van der Waals surface area (Å²) < 4.78 is 0. The standard InChI is InChI=1S/C13H22N4/c1-6-16(5)12-14-7-10-8-17(13(2,3)4)9-11(10)15-12/h7H,6,8-9H2,1-5H3. The molecule has 0 fully saturated rings. The van der Waals surface area contributed by atoms with Crippen molar-refractivity contribution in [3.05, 3.63) is 17.5 Å². The SMILES string of the molecule is CCN(C)c1ncc2c(n1)CN(C(C)(C)C)C2. The van der Waals surface area contributed by atoms with Crippen LogP contribution in [-0.4, -0.2) is 34.0 Å². The minimum atomic E-state index is 0.192. The van der Waals surface area contributed by atoms with Crippen LogP contribution in [-0.2, 0) is 13.1 Å². The average Bonchev–Trinajstić information content (AvgIpc) is 2.70. The highest BCUT2D eigenvalue weighted by Gasteiger charge is 2.29. The predicted octanol–water partition coefficient (Wildman–Crippen LogP) is 2.05. The summed E-state index contributed by atoms with van der Waals surface area (Å²) in [5.74, 6) is 0.835. The van der Waals surface area contributed by atoms with Gasteiger partial charge in [-0.05, 0) is 27.7 Å². The van der Waals surface area contributed by atoms with Crippen molar-refractivity contribution >= 4 is 5.95 Å². The molecule has 0 aliphatic carbocycles. The maximum atomic E-state index is 4.66. The van der Waals surface area contributed by atoms with Crippen molar-refractivity contribution < 1.29 is 0 Å². The van der Waals surface area contributed by atoms with E-state index in [4.69, 9.17) is 0 Å². The molecular formula is C13H22N4. The van der Waals surface area contributed by atoms with E-state index in [9.17, 15) is 0 Å². The molecule has 0 unspecified atom stereocenters. The molecular weight excluding hydrogens is 212 g/mol. The van der Waals surface area contributed by atoms with Gasteiger partial charge in [0.25, 0.3) is 0 Å². The second-order valence-corrected chi connectivity index (χ2v) is 5.68. The molecule has 0 bridgehead atoms. The van der Waals surface area contributed by atoms with Crippen molar-refractivity contribution in [2.45, 2.75) is 46.3 Å². The molecule has 2 heterocycles. The molecule has 2 rings (SSSR count). The number of fused-ring (bicyclic) bond motifs is 1. The zero-order chi connectivity index (χ0) is 12.6. The van der Waals surface area contributed by atoms with E-state index in [1.807, 2.05) is 13.2 Å². The van der Waals surface area contributed by atoms with Crippen molar-refractivity contribution in [3.63, 3.8) is 0 Å². The van der Waals surface area contributed by atoms with E-state index in [0.717, 1.165) is 25.6 Å². The minimum Gasteiger partial charge on any atom is -0.344 e. The van der Waals surface area contributed by atoms with Gasteiger partial charge in [0, 0.05) is 44.0 Å². The van der Waals surface area contributed by atoms with Crippen LogP contribution >= 0.6 is 0 Å². The van der Waals surface area contributed by atoms with Gasteiger partial charge in [-0.15, -0.1) is 0 Å². The lowest BCUT2D eigenvalue weighted by atomic mass is 10.1.